The van der Waals surface area contributed by atoms with Crippen molar-refractivity contribution < 1.29 is 4.79 Å². The van der Waals surface area contributed by atoms with E-state index in [0.717, 1.165) is 36.8 Å². The molecule has 40 heavy (non-hydrogen) atoms. The molecule has 0 spiro atoms. The number of fused-ring (bicyclic) bond motifs is 1. The summed E-state index contributed by atoms with van der Waals surface area (Å²) in [7, 11) is 0. The number of nitrogens with zero attached hydrogens (tertiary/aromatic N) is 1. The van der Waals surface area contributed by atoms with Crippen molar-refractivity contribution in [2.24, 2.45) is 11.8 Å². The zero-order valence-corrected chi connectivity index (χ0v) is 23.7. The molecule has 1 heterocycles. The normalized spacial score (nSPS) is 18.4. The highest BCUT2D eigenvalue weighted by Crippen LogP contribution is 2.37. The SMILES string of the molecule is CC(C)(C)c1ccc(CC(C2CCC(C(=O)NCc3ccccc3)CC2)n2c(=O)[nH]c3ccccc3c2=O)cc1. The Labute approximate surface area is 235 Å². The van der Waals surface area contributed by atoms with E-state index in [1.807, 2.05) is 42.5 Å². The van der Waals surface area contributed by atoms with Gasteiger partial charge in [0.15, 0.2) is 0 Å². The maximum Gasteiger partial charge on any atom is 0.329 e. The van der Waals surface area contributed by atoms with E-state index in [0.29, 0.717) is 23.9 Å². The number of H-pyrrole nitrogens is 1. The van der Waals surface area contributed by atoms with Crippen molar-refractivity contribution in [3.63, 3.8) is 0 Å². The molecule has 1 amide bonds. The first-order valence-electron chi connectivity index (χ1n) is 14.4. The highest BCUT2D eigenvalue weighted by atomic mass is 16.2. The fourth-order valence-electron chi connectivity index (χ4n) is 6.02. The number of carbonyl (C=O) groups is 1. The van der Waals surface area contributed by atoms with Crippen molar-refractivity contribution >= 4 is 16.8 Å². The Bertz CT molecular complexity index is 1570. The summed E-state index contributed by atoms with van der Waals surface area (Å²) in [4.78, 5) is 42.9. The minimum atomic E-state index is -0.372. The fourth-order valence-corrected chi connectivity index (χ4v) is 6.02. The molecule has 1 atom stereocenters. The van der Waals surface area contributed by atoms with E-state index in [1.165, 1.54) is 10.1 Å². The molecule has 0 radical (unpaired) electrons. The molecule has 6 heteroatoms. The zero-order chi connectivity index (χ0) is 28.3. The fraction of sp³-hybridized carbons (Fsp3) is 0.382. The molecule has 3 aromatic carbocycles. The number of para-hydroxylation sites is 1. The van der Waals surface area contributed by atoms with Crippen molar-refractivity contribution in [1.29, 1.82) is 0 Å². The van der Waals surface area contributed by atoms with Crippen LogP contribution in [0.2, 0.25) is 0 Å². The van der Waals surface area contributed by atoms with Crippen LogP contribution in [0.1, 0.15) is 69.2 Å². The largest absolute Gasteiger partial charge is 0.352 e. The molecule has 6 nitrogen and oxygen atoms in total. The van der Waals surface area contributed by atoms with Gasteiger partial charge in [-0.15, -0.1) is 0 Å². The van der Waals surface area contributed by atoms with Crippen LogP contribution in [-0.4, -0.2) is 15.5 Å². The number of amides is 1. The maximum absolute atomic E-state index is 13.7. The molecule has 0 aliphatic heterocycles. The summed E-state index contributed by atoms with van der Waals surface area (Å²) in [5.74, 6) is 0.135. The number of hydrogen-bond donors (Lipinski definition) is 2. The molecule has 0 saturated heterocycles. The molecule has 1 fully saturated rings. The molecule has 1 unspecified atom stereocenters. The van der Waals surface area contributed by atoms with E-state index < -0.39 is 0 Å². The summed E-state index contributed by atoms with van der Waals surface area (Å²) >= 11 is 0. The summed E-state index contributed by atoms with van der Waals surface area (Å²) in [6, 6.07) is 25.3. The third-order valence-electron chi connectivity index (χ3n) is 8.43. The lowest BCUT2D eigenvalue weighted by molar-refractivity contribution is -0.126. The van der Waals surface area contributed by atoms with Crippen LogP contribution in [0.25, 0.3) is 10.9 Å². The molecule has 1 aliphatic rings. The van der Waals surface area contributed by atoms with Crippen molar-refractivity contribution in [1.82, 2.24) is 14.9 Å². The number of aromatic nitrogens is 2. The molecule has 1 saturated carbocycles. The summed E-state index contributed by atoms with van der Waals surface area (Å²) in [6.45, 7) is 7.09. The van der Waals surface area contributed by atoms with Crippen molar-refractivity contribution in [3.8, 4) is 0 Å². The Morgan fingerprint density at radius 1 is 0.875 bits per heavy atom. The lowest BCUT2D eigenvalue weighted by Crippen LogP contribution is -2.43. The number of rotatable bonds is 7. The Hall–Kier alpha value is -3.93. The van der Waals surface area contributed by atoms with Crippen LogP contribution >= 0.6 is 0 Å². The highest BCUT2D eigenvalue weighted by molar-refractivity contribution is 5.78. The van der Waals surface area contributed by atoms with Crippen LogP contribution < -0.4 is 16.6 Å². The summed E-state index contributed by atoms with van der Waals surface area (Å²) < 4.78 is 1.44. The van der Waals surface area contributed by atoms with Crippen LogP contribution in [0.5, 0.6) is 0 Å². The first kappa shape index (κ1) is 27.6. The van der Waals surface area contributed by atoms with Gasteiger partial charge in [-0.2, -0.15) is 0 Å². The van der Waals surface area contributed by atoms with E-state index in [1.54, 1.807) is 12.1 Å². The summed E-state index contributed by atoms with van der Waals surface area (Å²) in [5, 5.41) is 3.61. The zero-order valence-electron chi connectivity index (χ0n) is 23.7. The second-order valence-corrected chi connectivity index (χ2v) is 12.2. The van der Waals surface area contributed by atoms with Crippen molar-refractivity contribution in [2.75, 3.05) is 0 Å². The number of aromatic amines is 1. The minimum absolute atomic E-state index is 0.0455. The predicted octanol–water partition coefficient (Wildman–Crippen LogP) is 5.89. The van der Waals surface area contributed by atoms with Crippen molar-refractivity contribution in [2.45, 2.75) is 70.9 Å². The maximum atomic E-state index is 13.7. The number of hydrogen-bond acceptors (Lipinski definition) is 3. The second kappa shape index (κ2) is 11.7. The van der Waals surface area contributed by atoms with Crippen molar-refractivity contribution in [3.05, 3.63) is 116 Å². The second-order valence-electron chi connectivity index (χ2n) is 12.2. The highest BCUT2D eigenvalue weighted by Gasteiger charge is 2.33. The van der Waals surface area contributed by atoms with E-state index in [9.17, 15) is 14.4 Å². The van der Waals surface area contributed by atoms with Crippen LogP contribution in [-0.2, 0) is 23.2 Å². The average Bonchev–Trinajstić information content (AvgIpc) is 2.96. The Morgan fingerprint density at radius 2 is 1.52 bits per heavy atom. The van der Waals surface area contributed by atoms with Crippen LogP contribution in [0.4, 0.5) is 0 Å². The topological polar surface area (TPSA) is 84.0 Å². The van der Waals surface area contributed by atoms with Gasteiger partial charge in [0, 0.05) is 18.5 Å². The standard InChI is InChI=1S/C34H39N3O3/c1-34(2,3)27-19-13-23(14-20-27)21-30(37-32(39)28-11-7-8-12-29(28)36-33(37)40)25-15-17-26(18-16-25)31(38)35-22-24-9-5-4-6-10-24/h4-14,19-20,25-26,30H,15-18,21-22H2,1-3H3,(H,35,38)(H,36,40). The first-order valence-corrected chi connectivity index (χ1v) is 14.4. The molecular formula is C34H39N3O3. The third-order valence-corrected chi connectivity index (χ3v) is 8.43. The molecule has 0 bridgehead atoms. The minimum Gasteiger partial charge on any atom is -0.352 e. The average molecular weight is 538 g/mol. The van der Waals surface area contributed by atoms with E-state index >= 15 is 0 Å². The molecule has 5 rings (SSSR count). The van der Waals surface area contributed by atoms with Gasteiger partial charge in [0.25, 0.3) is 5.56 Å². The van der Waals surface area contributed by atoms with Gasteiger partial charge >= 0.3 is 5.69 Å². The molecule has 208 valence electrons. The summed E-state index contributed by atoms with van der Waals surface area (Å²) in [5.41, 5.74) is 3.40. The van der Waals surface area contributed by atoms with E-state index in [2.05, 4.69) is 55.3 Å². The monoisotopic (exact) mass is 537 g/mol. The van der Waals surface area contributed by atoms with E-state index in [-0.39, 0.29) is 40.4 Å². The quantitative estimate of drug-likeness (QED) is 0.308. The molecule has 4 aromatic rings. The Balaban J connectivity index is 1.39. The van der Waals surface area contributed by atoms with Gasteiger partial charge in [-0.05, 0) is 72.3 Å². The number of benzene rings is 3. The van der Waals surface area contributed by atoms with E-state index in [4.69, 9.17) is 0 Å². The van der Waals surface area contributed by atoms with Crippen LogP contribution in [0, 0.1) is 11.8 Å². The van der Waals surface area contributed by atoms with Gasteiger partial charge in [-0.25, -0.2) is 4.79 Å². The smallest absolute Gasteiger partial charge is 0.329 e. The lowest BCUT2D eigenvalue weighted by Gasteiger charge is -2.34. The molecular weight excluding hydrogens is 498 g/mol. The Morgan fingerprint density at radius 3 is 2.20 bits per heavy atom. The Kier molecular flexibility index (Phi) is 8.06. The van der Waals surface area contributed by atoms with Gasteiger partial charge in [0.1, 0.15) is 0 Å². The van der Waals surface area contributed by atoms with Gasteiger partial charge < -0.3 is 10.3 Å². The van der Waals surface area contributed by atoms with Gasteiger partial charge in [-0.1, -0.05) is 87.5 Å². The third kappa shape index (κ3) is 6.11. The predicted molar refractivity (Wildman–Crippen MR) is 160 cm³/mol. The van der Waals surface area contributed by atoms with Gasteiger partial charge in [0.05, 0.1) is 10.9 Å². The van der Waals surface area contributed by atoms with Gasteiger partial charge in [0.2, 0.25) is 5.91 Å². The summed E-state index contributed by atoms with van der Waals surface area (Å²) in [6.07, 6.45) is 3.64. The van der Waals surface area contributed by atoms with Crippen LogP contribution in [0.15, 0.2) is 88.5 Å². The molecule has 1 aromatic heterocycles. The number of carbonyl (C=O) groups excluding carboxylic acids is 1. The van der Waals surface area contributed by atoms with Crippen LogP contribution in [0.3, 0.4) is 0 Å². The molecule has 1 aliphatic carbocycles. The number of nitrogens with one attached hydrogen (secondary N) is 2. The lowest BCUT2D eigenvalue weighted by atomic mass is 9.76. The van der Waals surface area contributed by atoms with Gasteiger partial charge in [-0.3, -0.25) is 14.2 Å². The first-order chi connectivity index (χ1) is 19.2. The molecule has 2 N–H and O–H groups in total.